The van der Waals surface area contributed by atoms with Crippen LogP contribution in [0.25, 0.3) is 0 Å². The number of rotatable bonds is 6. The molecule has 0 aliphatic heterocycles. The highest BCUT2D eigenvalue weighted by atomic mass is 35.7. The van der Waals surface area contributed by atoms with E-state index in [0.29, 0.717) is 0 Å². The molecule has 5 nitrogen and oxygen atoms in total. The van der Waals surface area contributed by atoms with Gasteiger partial charge >= 0.3 is 6.95 Å². The molecule has 8 aliphatic rings. The lowest BCUT2D eigenvalue weighted by Gasteiger charge is -2.55. The van der Waals surface area contributed by atoms with E-state index in [1.807, 2.05) is 0 Å². The first-order chi connectivity index (χ1) is 12.9. The van der Waals surface area contributed by atoms with Crippen molar-refractivity contribution in [1.29, 1.82) is 0 Å². The smallest absolute Gasteiger partial charge is 0.236 e. The molecule has 27 heavy (non-hydrogen) atoms. The number of hydrogen-bond acceptors (Lipinski definition) is 5. The fourth-order valence-electron chi connectivity index (χ4n) is 8.53. The molecule has 0 N–H and O–H groups in total. The molecule has 0 aromatic rings. The third kappa shape index (κ3) is 3.35. The van der Waals surface area contributed by atoms with Crippen LogP contribution in [0, 0.1) is 35.5 Å². The topological polar surface area (TPSA) is 54.0 Å². The van der Waals surface area contributed by atoms with E-state index >= 15 is 0 Å². The maximum absolute atomic E-state index is 12.7. The van der Waals surface area contributed by atoms with Crippen LogP contribution in [-0.2, 0) is 23.7 Å². The van der Waals surface area contributed by atoms with Crippen molar-refractivity contribution >= 4 is 18.2 Å². The summed E-state index contributed by atoms with van der Waals surface area (Å²) in [5, 5.41) is 0. The molecule has 0 atom stereocenters. The van der Waals surface area contributed by atoms with Crippen LogP contribution in [0.1, 0.15) is 77.0 Å². The Morgan fingerprint density at radius 3 is 1.11 bits per heavy atom. The van der Waals surface area contributed by atoms with Gasteiger partial charge in [-0.3, -0.25) is 0 Å². The van der Waals surface area contributed by atoms with Gasteiger partial charge < -0.3 is 0 Å². The van der Waals surface area contributed by atoms with Crippen LogP contribution in [0.2, 0.25) is 0 Å². The second-order valence-corrected chi connectivity index (χ2v) is 13.3. The maximum Gasteiger partial charge on any atom is 0.478 e. The van der Waals surface area contributed by atoms with Crippen LogP contribution in [-0.4, -0.2) is 11.2 Å². The average Bonchev–Trinajstić information content (AvgIpc) is 2.57. The molecule has 8 fully saturated rings. The lowest BCUT2D eigenvalue weighted by atomic mass is 9.54. The molecule has 0 heterocycles. The van der Waals surface area contributed by atoms with Crippen molar-refractivity contribution in [2.24, 2.45) is 35.5 Å². The molecule has 8 aliphatic carbocycles. The molecule has 0 aromatic carbocycles. The van der Waals surface area contributed by atoms with Gasteiger partial charge in [0.25, 0.3) is 0 Å². The normalized spacial score (nSPS) is 54.4. The molecule has 8 rings (SSSR count). The highest BCUT2D eigenvalue weighted by Gasteiger charge is 2.55. The first kappa shape index (κ1) is 18.2. The zero-order valence-electron chi connectivity index (χ0n) is 15.8. The molecule has 8 saturated carbocycles. The lowest BCUT2D eigenvalue weighted by molar-refractivity contribution is -0.367. The van der Waals surface area contributed by atoms with Crippen molar-refractivity contribution in [3.63, 3.8) is 0 Å². The fourth-order valence-corrected chi connectivity index (χ4v) is 9.21. The van der Waals surface area contributed by atoms with Gasteiger partial charge in [-0.2, -0.15) is 0 Å². The van der Waals surface area contributed by atoms with Crippen molar-refractivity contribution in [2.75, 3.05) is 0 Å². The minimum atomic E-state index is -3.91. The van der Waals surface area contributed by atoms with Gasteiger partial charge in [-0.15, -0.1) is 9.35 Å². The Kier molecular flexibility index (Phi) is 4.16. The van der Waals surface area contributed by atoms with E-state index in [-0.39, 0.29) is 11.2 Å². The van der Waals surface area contributed by atoms with Crippen molar-refractivity contribution in [3.8, 4) is 0 Å². The molecular formula is C20H30ClO5P. The summed E-state index contributed by atoms with van der Waals surface area (Å²) < 4.78 is 23.2. The van der Waals surface area contributed by atoms with E-state index < -0.39 is 6.95 Å². The van der Waals surface area contributed by atoms with Gasteiger partial charge in [0.1, 0.15) is 11.2 Å². The van der Waals surface area contributed by atoms with Gasteiger partial charge in [0.15, 0.2) is 0 Å². The van der Waals surface area contributed by atoms with Crippen molar-refractivity contribution in [1.82, 2.24) is 0 Å². The van der Waals surface area contributed by atoms with Crippen LogP contribution >= 0.6 is 18.2 Å². The van der Waals surface area contributed by atoms with Gasteiger partial charge in [-0.25, -0.2) is 14.3 Å². The van der Waals surface area contributed by atoms with Gasteiger partial charge in [0.05, 0.1) is 0 Å². The SMILES string of the molecule is O=P(Cl)(OOC12CC3CC(CC(C3)C1)C2)OOC12CC3CC(CC(C3)C1)C2. The standard InChI is InChI=1S/C20H30ClO5P/c21-27(22,25-23-19-7-13-1-14(8-19)3-15(2-13)9-19)26-24-20-10-16-4-17(11-20)6-18(5-16)12-20/h13-18H,1-12H2. The van der Waals surface area contributed by atoms with Crippen LogP contribution in [0.3, 0.4) is 0 Å². The van der Waals surface area contributed by atoms with E-state index in [4.69, 9.17) is 30.4 Å². The molecule has 0 amide bonds. The van der Waals surface area contributed by atoms with Crippen LogP contribution in [0.5, 0.6) is 0 Å². The lowest BCUT2D eigenvalue weighted by Crippen LogP contribution is -2.52. The van der Waals surface area contributed by atoms with Crippen LogP contribution < -0.4 is 0 Å². The fraction of sp³-hybridized carbons (Fsp3) is 1.00. The minimum Gasteiger partial charge on any atom is -0.236 e. The zero-order chi connectivity index (χ0) is 18.3. The molecule has 152 valence electrons. The Labute approximate surface area is 166 Å². The predicted octanol–water partition coefficient (Wildman–Crippen LogP) is 6.17. The zero-order valence-corrected chi connectivity index (χ0v) is 17.5. The van der Waals surface area contributed by atoms with Crippen molar-refractivity contribution < 1.29 is 23.7 Å². The molecule has 0 aromatic heterocycles. The third-order valence-electron chi connectivity index (χ3n) is 8.57. The summed E-state index contributed by atoms with van der Waals surface area (Å²) in [5.41, 5.74) is -0.632. The van der Waals surface area contributed by atoms with Gasteiger partial charge in [0, 0.05) is 11.2 Å². The molecule has 8 bridgehead atoms. The minimum absolute atomic E-state index is 0.316. The maximum atomic E-state index is 12.7. The second-order valence-electron chi connectivity index (χ2n) is 10.9. The number of hydrogen-bond donors (Lipinski definition) is 0. The van der Waals surface area contributed by atoms with Crippen LogP contribution in [0.4, 0.5) is 0 Å². The number of halogens is 1. The molecule has 7 heteroatoms. The summed E-state index contributed by atoms with van der Waals surface area (Å²) in [4.78, 5) is 11.6. The summed E-state index contributed by atoms with van der Waals surface area (Å²) >= 11 is 6.08. The summed E-state index contributed by atoms with van der Waals surface area (Å²) in [5.74, 6) is 4.33. The highest BCUT2D eigenvalue weighted by Crippen LogP contribution is 2.63. The molecular weight excluding hydrogens is 387 g/mol. The summed E-state index contributed by atoms with van der Waals surface area (Å²) in [6, 6.07) is 0. The Morgan fingerprint density at radius 2 is 0.852 bits per heavy atom. The van der Waals surface area contributed by atoms with Gasteiger partial charge in [-0.05, 0) is 113 Å². The Bertz CT molecular complexity index is 544. The van der Waals surface area contributed by atoms with E-state index in [0.717, 1.165) is 74.0 Å². The molecule has 0 spiro atoms. The van der Waals surface area contributed by atoms with Gasteiger partial charge in [-0.1, -0.05) is 0 Å². The summed E-state index contributed by atoms with van der Waals surface area (Å²) in [6.07, 6.45) is 13.8. The first-order valence-corrected chi connectivity index (χ1v) is 13.4. The summed E-state index contributed by atoms with van der Waals surface area (Å²) in [6.45, 7) is -3.91. The van der Waals surface area contributed by atoms with E-state index in [1.54, 1.807) is 0 Å². The molecule has 0 unspecified atom stereocenters. The predicted molar refractivity (Wildman–Crippen MR) is 99.6 cm³/mol. The summed E-state index contributed by atoms with van der Waals surface area (Å²) in [7, 11) is 0. The monoisotopic (exact) mass is 416 g/mol. The molecule has 0 radical (unpaired) electrons. The van der Waals surface area contributed by atoms with E-state index in [9.17, 15) is 4.57 Å². The largest absolute Gasteiger partial charge is 0.478 e. The Morgan fingerprint density at radius 1 is 0.593 bits per heavy atom. The third-order valence-corrected chi connectivity index (χ3v) is 9.41. The average molecular weight is 417 g/mol. The highest BCUT2D eigenvalue weighted by molar-refractivity contribution is 7.81. The Balaban J connectivity index is 1.08. The van der Waals surface area contributed by atoms with Crippen LogP contribution in [0.15, 0.2) is 0 Å². The first-order valence-electron chi connectivity index (χ1n) is 10.9. The van der Waals surface area contributed by atoms with Crippen molar-refractivity contribution in [2.45, 2.75) is 88.3 Å². The quantitative estimate of drug-likeness (QED) is 0.294. The second kappa shape index (κ2) is 6.18. The van der Waals surface area contributed by atoms with Gasteiger partial charge in [0.2, 0.25) is 0 Å². The van der Waals surface area contributed by atoms with E-state index in [2.05, 4.69) is 0 Å². The van der Waals surface area contributed by atoms with Crippen molar-refractivity contribution in [3.05, 3.63) is 0 Å². The molecule has 0 saturated heterocycles. The Hall–Kier alpha value is 0.360. The van der Waals surface area contributed by atoms with E-state index in [1.165, 1.54) is 38.5 Å².